The molecule has 1 aliphatic rings. The van der Waals surface area contributed by atoms with Gasteiger partial charge in [-0.25, -0.2) is 9.78 Å². The molecule has 1 aliphatic carbocycles. The Morgan fingerprint density at radius 2 is 2.00 bits per heavy atom. The molecule has 0 radical (unpaired) electrons. The SMILES string of the molecule is Cc1[nH]c(=O)[nH]c(=O)c1-c1cc(NC2CCCC2)nc2[nH]ccc12. The molecule has 24 heavy (non-hydrogen) atoms. The lowest BCUT2D eigenvalue weighted by molar-refractivity contribution is 0.751. The van der Waals surface area contributed by atoms with Gasteiger partial charge in [0.2, 0.25) is 0 Å². The van der Waals surface area contributed by atoms with Gasteiger partial charge in [0, 0.05) is 28.9 Å². The number of fused-ring (bicyclic) bond motifs is 1. The van der Waals surface area contributed by atoms with Crippen molar-refractivity contribution >= 4 is 16.9 Å². The van der Waals surface area contributed by atoms with Crippen molar-refractivity contribution in [1.29, 1.82) is 0 Å². The molecule has 3 aromatic rings. The minimum atomic E-state index is -0.495. The molecule has 7 heteroatoms. The van der Waals surface area contributed by atoms with Gasteiger partial charge in [-0.2, -0.15) is 0 Å². The number of pyridine rings is 1. The van der Waals surface area contributed by atoms with E-state index in [1.807, 2.05) is 12.1 Å². The minimum absolute atomic E-state index is 0.392. The highest BCUT2D eigenvalue weighted by Crippen LogP contribution is 2.30. The van der Waals surface area contributed by atoms with E-state index in [0.29, 0.717) is 17.3 Å². The third-order valence-corrected chi connectivity index (χ3v) is 4.64. The summed E-state index contributed by atoms with van der Waals surface area (Å²) in [4.78, 5) is 36.5. The lowest BCUT2D eigenvalue weighted by Gasteiger charge is -2.14. The second kappa shape index (κ2) is 5.67. The first-order valence-electron chi connectivity index (χ1n) is 8.20. The zero-order chi connectivity index (χ0) is 16.7. The van der Waals surface area contributed by atoms with E-state index in [-0.39, 0.29) is 0 Å². The minimum Gasteiger partial charge on any atom is -0.367 e. The highest BCUT2D eigenvalue weighted by molar-refractivity contribution is 5.95. The number of nitrogens with one attached hydrogen (secondary N) is 4. The van der Waals surface area contributed by atoms with E-state index in [2.05, 4.69) is 25.3 Å². The first-order valence-corrected chi connectivity index (χ1v) is 8.20. The Kier molecular flexibility index (Phi) is 3.48. The van der Waals surface area contributed by atoms with Gasteiger partial charge in [-0.15, -0.1) is 0 Å². The molecule has 7 nitrogen and oxygen atoms in total. The number of nitrogens with zero attached hydrogens (tertiary/aromatic N) is 1. The first kappa shape index (κ1) is 14.7. The van der Waals surface area contributed by atoms with Crippen LogP contribution < -0.4 is 16.6 Å². The monoisotopic (exact) mass is 325 g/mol. The standard InChI is InChI=1S/C17H19N5O2/c1-9-14(16(23)22-17(24)19-9)12-8-13(20-10-4-2-3-5-10)21-15-11(12)6-7-18-15/h6-8,10H,2-5H2,1H3,(H2,18,20,21)(H2,19,22,23,24). The van der Waals surface area contributed by atoms with Crippen molar-refractivity contribution in [3.63, 3.8) is 0 Å². The fourth-order valence-corrected chi connectivity index (χ4v) is 3.52. The lowest BCUT2D eigenvalue weighted by Crippen LogP contribution is -2.25. The van der Waals surface area contributed by atoms with Gasteiger partial charge in [-0.1, -0.05) is 12.8 Å². The summed E-state index contributed by atoms with van der Waals surface area (Å²) in [5.74, 6) is 0.747. The molecule has 1 saturated carbocycles. The van der Waals surface area contributed by atoms with Gasteiger partial charge in [-0.05, 0) is 31.9 Å². The predicted molar refractivity (Wildman–Crippen MR) is 93.4 cm³/mol. The zero-order valence-corrected chi connectivity index (χ0v) is 13.4. The van der Waals surface area contributed by atoms with E-state index in [1.54, 1.807) is 13.1 Å². The van der Waals surface area contributed by atoms with Crippen LogP contribution in [-0.4, -0.2) is 26.0 Å². The number of aromatic nitrogens is 4. The highest BCUT2D eigenvalue weighted by Gasteiger charge is 2.18. The Hall–Kier alpha value is -2.83. The largest absolute Gasteiger partial charge is 0.367 e. The van der Waals surface area contributed by atoms with E-state index in [0.717, 1.165) is 35.3 Å². The van der Waals surface area contributed by atoms with Crippen LogP contribution in [0.4, 0.5) is 5.82 Å². The smallest absolute Gasteiger partial charge is 0.325 e. The van der Waals surface area contributed by atoms with Crippen LogP contribution in [0.15, 0.2) is 27.9 Å². The van der Waals surface area contributed by atoms with Gasteiger partial charge < -0.3 is 15.3 Å². The quantitative estimate of drug-likeness (QED) is 0.592. The second-order valence-electron chi connectivity index (χ2n) is 6.33. The molecule has 0 aliphatic heterocycles. The molecule has 0 atom stereocenters. The zero-order valence-electron chi connectivity index (χ0n) is 13.4. The van der Waals surface area contributed by atoms with Crippen LogP contribution in [0, 0.1) is 6.92 Å². The van der Waals surface area contributed by atoms with Gasteiger partial charge in [0.15, 0.2) is 0 Å². The van der Waals surface area contributed by atoms with Gasteiger partial charge >= 0.3 is 5.69 Å². The van der Waals surface area contributed by atoms with E-state index in [4.69, 9.17) is 0 Å². The number of hydrogen-bond donors (Lipinski definition) is 4. The molecular weight excluding hydrogens is 306 g/mol. The van der Waals surface area contributed by atoms with E-state index >= 15 is 0 Å². The molecule has 4 rings (SSSR count). The molecule has 0 spiro atoms. The van der Waals surface area contributed by atoms with Crippen LogP contribution in [0.1, 0.15) is 31.4 Å². The van der Waals surface area contributed by atoms with Crippen molar-refractivity contribution in [1.82, 2.24) is 19.9 Å². The normalized spacial score (nSPS) is 15.2. The summed E-state index contributed by atoms with van der Waals surface area (Å²) in [5, 5.41) is 4.32. The van der Waals surface area contributed by atoms with Crippen molar-refractivity contribution in [2.24, 2.45) is 0 Å². The summed E-state index contributed by atoms with van der Waals surface area (Å²) in [5.41, 5.74) is 1.61. The van der Waals surface area contributed by atoms with Gasteiger partial charge in [0.05, 0.1) is 5.56 Å². The Bertz CT molecular complexity index is 1010. The van der Waals surface area contributed by atoms with Crippen LogP contribution in [0.3, 0.4) is 0 Å². The molecule has 3 heterocycles. The average Bonchev–Trinajstić information content (AvgIpc) is 3.17. The highest BCUT2D eigenvalue weighted by atomic mass is 16.2. The van der Waals surface area contributed by atoms with Crippen LogP contribution in [0.25, 0.3) is 22.2 Å². The summed E-state index contributed by atoms with van der Waals surface area (Å²) in [6, 6.07) is 4.21. The van der Waals surface area contributed by atoms with Gasteiger partial charge in [0.25, 0.3) is 5.56 Å². The summed E-state index contributed by atoms with van der Waals surface area (Å²) in [6.07, 6.45) is 6.54. The van der Waals surface area contributed by atoms with Crippen LogP contribution in [0.5, 0.6) is 0 Å². The molecular formula is C17H19N5O2. The molecule has 0 bridgehead atoms. The third-order valence-electron chi connectivity index (χ3n) is 4.64. The topological polar surface area (TPSA) is 106 Å². The molecule has 0 unspecified atom stereocenters. The Morgan fingerprint density at radius 1 is 1.21 bits per heavy atom. The molecule has 124 valence electrons. The second-order valence-corrected chi connectivity index (χ2v) is 6.33. The predicted octanol–water partition coefficient (Wildman–Crippen LogP) is 2.27. The summed E-state index contributed by atoms with van der Waals surface area (Å²) in [7, 11) is 0. The number of H-pyrrole nitrogens is 3. The van der Waals surface area contributed by atoms with Crippen molar-refractivity contribution in [3.8, 4) is 11.1 Å². The van der Waals surface area contributed by atoms with Gasteiger partial charge in [-0.3, -0.25) is 9.78 Å². The van der Waals surface area contributed by atoms with Crippen molar-refractivity contribution in [3.05, 3.63) is 44.9 Å². The number of aryl methyl sites for hydroxylation is 1. The fourth-order valence-electron chi connectivity index (χ4n) is 3.52. The molecule has 0 aromatic carbocycles. The van der Waals surface area contributed by atoms with Crippen LogP contribution in [0.2, 0.25) is 0 Å². The summed E-state index contributed by atoms with van der Waals surface area (Å²) in [6.45, 7) is 1.73. The number of hydrogen-bond acceptors (Lipinski definition) is 4. The maximum Gasteiger partial charge on any atom is 0.325 e. The van der Waals surface area contributed by atoms with E-state index in [9.17, 15) is 9.59 Å². The van der Waals surface area contributed by atoms with Crippen LogP contribution >= 0.6 is 0 Å². The lowest BCUT2D eigenvalue weighted by atomic mass is 10.0. The first-order chi connectivity index (χ1) is 11.6. The summed E-state index contributed by atoms with van der Waals surface area (Å²) >= 11 is 0. The van der Waals surface area contributed by atoms with Crippen LogP contribution in [-0.2, 0) is 0 Å². The van der Waals surface area contributed by atoms with Gasteiger partial charge in [0.1, 0.15) is 11.5 Å². The molecule has 1 fully saturated rings. The molecule has 4 N–H and O–H groups in total. The molecule has 0 amide bonds. The van der Waals surface area contributed by atoms with Crippen molar-refractivity contribution in [2.45, 2.75) is 38.6 Å². The van der Waals surface area contributed by atoms with E-state index < -0.39 is 11.2 Å². The maximum atomic E-state index is 12.4. The Morgan fingerprint density at radius 3 is 2.75 bits per heavy atom. The van der Waals surface area contributed by atoms with E-state index in [1.165, 1.54) is 12.8 Å². The molecule has 3 aromatic heterocycles. The number of rotatable bonds is 3. The number of aromatic amines is 3. The van der Waals surface area contributed by atoms with Crippen molar-refractivity contribution in [2.75, 3.05) is 5.32 Å². The maximum absolute atomic E-state index is 12.4. The van der Waals surface area contributed by atoms with Crippen molar-refractivity contribution < 1.29 is 0 Å². The Labute approximate surface area is 137 Å². The number of anilines is 1. The molecule has 0 saturated heterocycles. The average molecular weight is 325 g/mol. The fraction of sp³-hybridized carbons (Fsp3) is 0.353. The third kappa shape index (κ3) is 2.51. The Balaban J connectivity index is 1.89. The summed E-state index contributed by atoms with van der Waals surface area (Å²) < 4.78 is 0.